The van der Waals surface area contributed by atoms with Crippen LogP contribution in [-0.2, 0) is 0 Å². The lowest BCUT2D eigenvalue weighted by Crippen LogP contribution is -2.35. The van der Waals surface area contributed by atoms with Crippen LogP contribution in [0.4, 0.5) is 5.13 Å². The summed E-state index contributed by atoms with van der Waals surface area (Å²) < 4.78 is 7.13. The molecule has 1 aliphatic rings. The fourth-order valence-electron chi connectivity index (χ4n) is 3.68. The number of aryl methyl sites for hydroxylation is 2. The molecular formula is C21H22N6OS2. The van der Waals surface area contributed by atoms with Gasteiger partial charge in [0.15, 0.2) is 5.13 Å². The molecule has 0 atom stereocenters. The van der Waals surface area contributed by atoms with Crippen LogP contribution in [0.1, 0.15) is 23.5 Å². The molecule has 0 spiro atoms. The molecule has 5 rings (SSSR count). The van der Waals surface area contributed by atoms with Crippen molar-refractivity contribution in [3.8, 4) is 16.5 Å². The second-order valence-electron chi connectivity index (χ2n) is 7.49. The van der Waals surface area contributed by atoms with Crippen LogP contribution >= 0.6 is 22.7 Å². The highest BCUT2D eigenvalue weighted by Gasteiger charge is 2.22. The minimum Gasteiger partial charge on any atom is -0.476 e. The van der Waals surface area contributed by atoms with Crippen molar-refractivity contribution in [2.24, 2.45) is 5.92 Å². The molecule has 9 heteroatoms. The van der Waals surface area contributed by atoms with Crippen LogP contribution in [0.5, 0.6) is 5.88 Å². The Labute approximate surface area is 182 Å². The van der Waals surface area contributed by atoms with Crippen molar-refractivity contribution in [2.45, 2.75) is 26.7 Å². The molecule has 0 radical (unpaired) electrons. The predicted molar refractivity (Wildman–Crippen MR) is 120 cm³/mol. The number of nitrogens with zero attached hydrogens (tertiary/aromatic N) is 6. The molecule has 0 N–H and O–H groups in total. The Kier molecular flexibility index (Phi) is 5.30. The first-order valence-electron chi connectivity index (χ1n) is 10.0. The number of hydrogen-bond donors (Lipinski definition) is 0. The number of ether oxygens (including phenoxy) is 1. The maximum Gasteiger partial charge on any atom is 0.233 e. The van der Waals surface area contributed by atoms with Gasteiger partial charge in [-0.2, -0.15) is 0 Å². The maximum absolute atomic E-state index is 5.94. The molecule has 0 amide bonds. The number of anilines is 1. The summed E-state index contributed by atoms with van der Waals surface area (Å²) in [4.78, 5) is 16.8. The van der Waals surface area contributed by atoms with Crippen molar-refractivity contribution in [1.29, 1.82) is 0 Å². The molecule has 4 aromatic rings. The van der Waals surface area contributed by atoms with Crippen LogP contribution in [0.15, 0.2) is 30.6 Å². The molecule has 154 valence electrons. The van der Waals surface area contributed by atoms with E-state index >= 15 is 0 Å². The minimum atomic E-state index is 0.519. The average molecular weight is 439 g/mol. The van der Waals surface area contributed by atoms with Gasteiger partial charge in [0.1, 0.15) is 11.2 Å². The van der Waals surface area contributed by atoms with Gasteiger partial charge in [0.25, 0.3) is 0 Å². The fraction of sp³-hybridized carbons (Fsp3) is 0.381. The zero-order valence-electron chi connectivity index (χ0n) is 16.9. The second kappa shape index (κ2) is 8.23. The van der Waals surface area contributed by atoms with E-state index in [0.29, 0.717) is 18.4 Å². The van der Waals surface area contributed by atoms with Crippen LogP contribution in [0.2, 0.25) is 0 Å². The Morgan fingerprint density at radius 2 is 1.93 bits per heavy atom. The minimum absolute atomic E-state index is 0.519. The van der Waals surface area contributed by atoms with Gasteiger partial charge in [-0.1, -0.05) is 11.3 Å². The molecular weight excluding hydrogens is 416 g/mol. The highest BCUT2D eigenvalue weighted by atomic mass is 32.1. The largest absolute Gasteiger partial charge is 0.476 e. The van der Waals surface area contributed by atoms with Gasteiger partial charge >= 0.3 is 0 Å². The SMILES string of the molecule is Cc1nc(C)c(-c2ccc(OCC3CCN(c4nc5cnccc5s4)CC3)nn2)s1. The molecule has 5 heterocycles. The van der Waals surface area contributed by atoms with Crippen LogP contribution in [0.3, 0.4) is 0 Å². The van der Waals surface area contributed by atoms with E-state index in [2.05, 4.69) is 25.1 Å². The van der Waals surface area contributed by atoms with E-state index in [4.69, 9.17) is 9.72 Å². The van der Waals surface area contributed by atoms with Crippen molar-refractivity contribution in [3.63, 3.8) is 0 Å². The van der Waals surface area contributed by atoms with E-state index < -0.39 is 0 Å². The van der Waals surface area contributed by atoms with Crippen LogP contribution in [-0.4, -0.2) is 44.8 Å². The number of hydrogen-bond acceptors (Lipinski definition) is 9. The third kappa shape index (κ3) is 3.99. The normalized spacial score (nSPS) is 15.1. The van der Waals surface area contributed by atoms with E-state index in [1.807, 2.05) is 44.4 Å². The summed E-state index contributed by atoms with van der Waals surface area (Å²) in [6.45, 7) is 6.67. The summed E-state index contributed by atoms with van der Waals surface area (Å²) in [6, 6.07) is 5.90. The molecule has 30 heavy (non-hydrogen) atoms. The first kappa shape index (κ1) is 19.3. The monoisotopic (exact) mass is 438 g/mol. The van der Waals surface area contributed by atoms with Crippen LogP contribution in [0, 0.1) is 19.8 Å². The van der Waals surface area contributed by atoms with Gasteiger partial charge in [-0.05, 0) is 44.7 Å². The van der Waals surface area contributed by atoms with E-state index in [1.54, 1.807) is 22.7 Å². The van der Waals surface area contributed by atoms with Crippen LogP contribution < -0.4 is 9.64 Å². The predicted octanol–water partition coefficient (Wildman–Crippen LogP) is 4.52. The highest BCUT2D eigenvalue weighted by molar-refractivity contribution is 7.22. The summed E-state index contributed by atoms with van der Waals surface area (Å²) in [7, 11) is 0. The van der Waals surface area contributed by atoms with Gasteiger partial charge in [0.2, 0.25) is 5.88 Å². The van der Waals surface area contributed by atoms with E-state index in [-0.39, 0.29) is 0 Å². The Morgan fingerprint density at radius 3 is 2.63 bits per heavy atom. The molecule has 1 aliphatic heterocycles. The number of piperidine rings is 1. The number of aromatic nitrogens is 5. The average Bonchev–Trinajstić information content (AvgIpc) is 3.35. The smallest absolute Gasteiger partial charge is 0.233 e. The lowest BCUT2D eigenvalue weighted by atomic mass is 9.98. The van der Waals surface area contributed by atoms with Crippen molar-refractivity contribution < 1.29 is 4.74 Å². The Hall–Kier alpha value is -2.65. The summed E-state index contributed by atoms with van der Waals surface area (Å²) >= 11 is 3.38. The van der Waals surface area contributed by atoms with Crippen LogP contribution in [0.25, 0.3) is 20.8 Å². The number of thiazole rings is 2. The highest BCUT2D eigenvalue weighted by Crippen LogP contribution is 2.31. The third-order valence-corrected chi connectivity index (χ3v) is 7.50. The van der Waals surface area contributed by atoms with E-state index in [1.165, 1.54) is 4.70 Å². The molecule has 0 unspecified atom stereocenters. The van der Waals surface area contributed by atoms with Gasteiger partial charge in [-0.25, -0.2) is 9.97 Å². The lowest BCUT2D eigenvalue weighted by Gasteiger charge is -2.31. The van der Waals surface area contributed by atoms with Gasteiger partial charge in [0, 0.05) is 25.4 Å². The summed E-state index contributed by atoms with van der Waals surface area (Å²) in [5, 5.41) is 10.7. The summed E-state index contributed by atoms with van der Waals surface area (Å²) in [5.74, 6) is 1.10. The molecule has 7 nitrogen and oxygen atoms in total. The van der Waals surface area contributed by atoms with Crippen molar-refractivity contribution >= 4 is 38.0 Å². The number of rotatable bonds is 5. The Bertz CT molecular complexity index is 1110. The van der Waals surface area contributed by atoms with Crippen molar-refractivity contribution in [2.75, 3.05) is 24.6 Å². The molecule has 0 aliphatic carbocycles. The molecule has 1 saturated heterocycles. The Morgan fingerprint density at radius 1 is 1.07 bits per heavy atom. The maximum atomic E-state index is 5.94. The van der Waals surface area contributed by atoms with Crippen molar-refractivity contribution in [3.05, 3.63) is 41.3 Å². The first-order valence-corrected chi connectivity index (χ1v) is 11.7. The Balaban J connectivity index is 1.15. The molecule has 0 aromatic carbocycles. The van der Waals surface area contributed by atoms with Gasteiger partial charge in [0.05, 0.1) is 33.1 Å². The summed E-state index contributed by atoms with van der Waals surface area (Å²) in [6.07, 6.45) is 5.82. The summed E-state index contributed by atoms with van der Waals surface area (Å²) in [5.41, 5.74) is 2.83. The van der Waals surface area contributed by atoms with Crippen molar-refractivity contribution in [1.82, 2.24) is 25.1 Å². The van der Waals surface area contributed by atoms with E-state index in [0.717, 1.165) is 57.9 Å². The van der Waals surface area contributed by atoms with Gasteiger partial charge in [-0.15, -0.1) is 21.5 Å². The standard InChI is InChI=1S/C21H22N6OS2/c1-13-20(29-14(2)23-13)16-3-4-19(26-25-16)28-12-15-6-9-27(10-7-15)21-24-17-11-22-8-5-18(17)30-21/h3-5,8,11,15H,6-7,9-10,12H2,1-2H3. The molecule has 1 fully saturated rings. The van der Waals surface area contributed by atoms with E-state index in [9.17, 15) is 0 Å². The van der Waals surface area contributed by atoms with Gasteiger partial charge in [-0.3, -0.25) is 4.98 Å². The first-order chi connectivity index (χ1) is 14.7. The number of pyridine rings is 1. The number of fused-ring (bicyclic) bond motifs is 1. The van der Waals surface area contributed by atoms with Gasteiger partial charge < -0.3 is 9.64 Å². The zero-order valence-corrected chi connectivity index (χ0v) is 18.5. The quantitative estimate of drug-likeness (QED) is 0.453. The topological polar surface area (TPSA) is 76.9 Å². The molecule has 4 aromatic heterocycles. The zero-order chi connectivity index (χ0) is 20.5. The lowest BCUT2D eigenvalue weighted by molar-refractivity contribution is 0.214. The molecule has 0 saturated carbocycles. The second-order valence-corrected chi connectivity index (χ2v) is 9.70. The third-order valence-electron chi connectivity index (χ3n) is 5.31. The molecule has 0 bridgehead atoms. The fourth-order valence-corrected chi connectivity index (χ4v) is 5.55.